The summed E-state index contributed by atoms with van der Waals surface area (Å²) in [4.78, 5) is 37.0. The highest BCUT2D eigenvalue weighted by molar-refractivity contribution is 8.14. The molecule has 0 spiro atoms. The molecule has 21 heavy (non-hydrogen) atoms. The van der Waals surface area contributed by atoms with E-state index in [9.17, 15) is 14.4 Å². The van der Waals surface area contributed by atoms with Gasteiger partial charge in [0.15, 0.2) is 5.17 Å². The van der Waals surface area contributed by atoms with Crippen molar-refractivity contribution in [2.24, 2.45) is 11.0 Å². The number of ketones is 1. The molecule has 1 fully saturated rings. The molecule has 0 aromatic rings. The number of Topliss-reactive ketones (excluding diaryl/α,β-unsaturated/α-hetero) is 1. The van der Waals surface area contributed by atoms with E-state index in [1.165, 1.54) is 18.7 Å². The predicted octanol–water partition coefficient (Wildman–Crippen LogP) is 0.172. The maximum Gasteiger partial charge on any atom is 0.309 e. The Kier molecular flexibility index (Phi) is 6.67. The van der Waals surface area contributed by atoms with Crippen molar-refractivity contribution in [1.29, 1.82) is 0 Å². The maximum atomic E-state index is 12.1. The van der Waals surface area contributed by atoms with E-state index in [1.54, 1.807) is 0 Å². The van der Waals surface area contributed by atoms with Crippen LogP contribution in [0.5, 0.6) is 0 Å². The number of nitrogens with one attached hydrogen (secondary N) is 2. The second kappa shape index (κ2) is 8.02. The third-order valence-electron chi connectivity index (χ3n) is 2.86. The van der Waals surface area contributed by atoms with Crippen LogP contribution in [0.2, 0.25) is 0 Å². The molecule has 1 aliphatic rings. The van der Waals surface area contributed by atoms with Gasteiger partial charge in [-0.1, -0.05) is 25.6 Å². The lowest BCUT2D eigenvalue weighted by molar-refractivity contribution is -0.140. The second-order valence-corrected chi connectivity index (χ2v) is 6.41. The Bertz CT molecular complexity index is 451. The summed E-state index contributed by atoms with van der Waals surface area (Å²) >= 11 is 1.51. The Morgan fingerprint density at radius 3 is 2.52 bits per heavy atom. The molecule has 1 heterocycles. The molecule has 0 radical (unpaired) electrons. The molecular weight excluding hydrogens is 292 g/mol. The molecule has 1 aliphatic heterocycles. The highest BCUT2D eigenvalue weighted by Crippen LogP contribution is 2.14. The number of hydrazone groups is 1. The zero-order valence-electron chi connectivity index (χ0n) is 12.8. The molecule has 2 N–H and O–H groups in total. The normalized spacial score (nSPS) is 18.0. The molecule has 0 unspecified atom stereocenters. The number of hydrogen-bond donors (Lipinski definition) is 2. The van der Waals surface area contributed by atoms with Gasteiger partial charge in [0.25, 0.3) is 0 Å². The summed E-state index contributed by atoms with van der Waals surface area (Å²) in [5.74, 6) is -0.724. The van der Waals surface area contributed by atoms with Gasteiger partial charge in [-0.3, -0.25) is 14.4 Å². The molecule has 1 saturated heterocycles. The quantitative estimate of drug-likeness (QED) is 0.539. The van der Waals surface area contributed by atoms with Gasteiger partial charge < -0.3 is 10.2 Å². The van der Waals surface area contributed by atoms with Crippen molar-refractivity contribution in [2.45, 2.75) is 33.2 Å². The van der Waals surface area contributed by atoms with Gasteiger partial charge in [-0.05, 0) is 12.3 Å². The number of hydrogen-bond acceptors (Lipinski definition) is 5. The first kappa shape index (κ1) is 17.5. The second-order valence-electron chi connectivity index (χ2n) is 5.35. The lowest BCUT2D eigenvalue weighted by Crippen LogP contribution is -2.46. The summed E-state index contributed by atoms with van der Waals surface area (Å²) in [5, 5.41) is 7.13. The number of thioether (sulfide) groups is 1. The Morgan fingerprint density at radius 2 is 2.05 bits per heavy atom. The van der Waals surface area contributed by atoms with Gasteiger partial charge in [-0.15, -0.1) is 5.10 Å². The third-order valence-corrected chi connectivity index (χ3v) is 3.91. The van der Waals surface area contributed by atoms with Crippen LogP contribution in [-0.4, -0.2) is 53.1 Å². The molecule has 0 aromatic heterocycles. The van der Waals surface area contributed by atoms with Crippen LogP contribution in [0.4, 0.5) is 0 Å². The molecule has 118 valence electrons. The van der Waals surface area contributed by atoms with Gasteiger partial charge >= 0.3 is 5.91 Å². The van der Waals surface area contributed by atoms with Gasteiger partial charge in [0.1, 0.15) is 0 Å². The van der Waals surface area contributed by atoms with Crippen LogP contribution in [0.1, 0.15) is 27.2 Å². The van der Waals surface area contributed by atoms with Crippen molar-refractivity contribution >= 4 is 34.5 Å². The molecule has 0 aromatic carbocycles. The SMILES string of the molecule is CC(=O)N[C@@H](CC(C)C)C(=O)C(=O)N/N=C1\SCCN1C. The van der Waals surface area contributed by atoms with Crippen molar-refractivity contribution in [1.82, 2.24) is 15.6 Å². The van der Waals surface area contributed by atoms with Crippen LogP contribution < -0.4 is 10.7 Å². The van der Waals surface area contributed by atoms with Crippen molar-refractivity contribution in [3.63, 3.8) is 0 Å². The number of carbonyl (C=O) groups excluding carboxylic acids is 3. The Hall–Kier alpha value is -1.57. The van der Waals surface area contributed by atoms with E-state index in [0.717, 1.165) is 12.3 Å². The van der Waals surface area contributed by atoms with E-state index in [2.05, 4.69) is 15.8 Å². The van der Waals surface area contributed by atoms with E-state index >= 15 is 0 Å². The minimum absolute atomic E-state index is 0.182. The number of nitrogens with zero attached hydrogens (tertiary/aromatic N) is 2. The zero-order chi connectivity index (χ0) is 16.0. The average molecular weight is 314 g/mol. The molecule has 7 nitrogen and oxygen atoms in total. The molecule has 2 amide bonds. The third kappa shape index (κ3) is 5.74. The molecular formula is C13H22N4O3S. The largest absolute Gasteiger partial charge is 0.352 e. The van der Waals surface area contributed by atoms with Gasteiger partial charge in [0, 0.05) is 26.3 Å². The Balaban J connectivity index is 2.64. The maximum absolute atomic E-state index is 12.1. The number of amidine groups is 1. The summed E-state index contributed by atoms with van der Waals surface area (Å²) in [5.41, 5.74) is 2.27. The Morgan fingerprint density at radius 1 is 1.38 bits per heavy atom. The van der Waals surface area contributed by atoms with Crippen LogP contribution in [-0.2, 0) is 14.4 Å². The van der Waals surface area contributed by atoms with Crippen LogP contribution in [0, 0.1) is 5.92 Å². The highest BCUT2D eigenvalue weighted by atomic mass is 32.2. The number of rotatable bonds is 6. The summed E-state index contributed by atoms with van der Waals surface area (Å²) < 4.78 is 0. The fourth-order valence-corrected chi connectivity index (χ4v) is 2.83. The van der Waals surface area contributed by atoms with Gasteiger partial charge in [-0.25, -0.2) is 5.43 Å². The fraction of sp³-hybridized carbons (Fsp3) is 0.692. The first-order valence-electron chi connectivity index (χ1n) is 6.84. The van der Waals surface area contributed by atoms with Crippen molar-refractivity contribution in [3.8, 4) is 0 Å². The summed E-state index contributed by atoms with van der Waals surface area (Å²) in [6.07, 6.45) is 0.414. The molecule has 0 bridgehead atoms. The predicted molar refractivity (Wildman–Crippen MR) is 82.7 cm³/mol. The summed E-state index contributed by atoms with van der Waals surface area (Å²) in [6.45, 7) is 6.02. The molecule has 0 aliphatic carbocycles. The topological polar surface area (TPSA) is 90.9 Å². The zero-order valence-corrected chi connectivity index (χ0v) is 13.6. The van der Waals surface area contributed by atoms with Crippen molar-refractivity contribution in [2.75, 3.05) is 19.3 Å². The fourth-order valence-electron chi connectivity index (χ4n) is 1.86. The van der Waals surface area contributed by atoms with Gasteiger partial charge in [0.2, 0.25) is 11.7 Å². The van der Waals surface area contributed by atoms with Crippen LogP contribution in [0.25, 0.3) is 0 Å². The monoisotopic (exact) mass is 314 g/mol. The van der Waals surface area contributed by atoms with Crippen LogP contribution >= 0.6 is 11.8 Å². The highest BCUT2D eigenvalue weighted by Gasteiger charge is 2.27. The van der Waals surface area contributed by atoms with E-state index in [0.29, 0.717) is 11.6 Å². The van der Waals surface area contributed by atoms with Gasteiger partial charge in [-0.2, -0.15) is 0 Å². The first-order chi connectivity index (χ1) is 9.81. The summed E-state index contributed by atoms with van der Waals surface area (Å²) in [7, 11) is 1.87. The smallest absolute Gasteiger partial charge is 0.309 e. The summed E-state index contributed by atoms with van der Waals surface area (Å²) in [6, 6.07) is -0.809. The number of carbonyl (C=O) groups is 3. The minimum Gasteiger partial charge on any atom is -0.352 e. The Labute approximate surface area is 128 Å². The van der Waals surface area contributed by atoms with E-state index in [4.69, 9.17) is 0 Å². The lowest BCUT2D eigenvalue weighted by Gasteiger charge is -2.17. The first-order valence-corrected chi connectivity index (χ1v) is 7.82. The van der Waals surface area contributed by atoms with Crippen molar-refractivity contribution in [3.05, 3.63) is 0 Å². The molecule has 8 heteroatoms. The molecule has 0 saturated carbocycles. The van der Waals surface area contributed by atoms with Crippen LogP contribution in [0.3, 0.4) is 0 Å². The van der Waals surface area contributed by atoms with Crippen molar-refractivity contribution < 1.29 is 14.4 Å². The molecule has 1 rings (SSSR count). The standard InChI is InChI=1S/C13H22N4O3S/c1-8(2)7-10(14-9(3)18)11(19)12(20)15-16-13-17(4)5-6-21-13/h8,10H,5-7H2,1-4H3,(H,14,18)(H,15,20)/b16-13-/t10-/m0/s1. The minimum atomic E-state index is -0.809. The van der Waals surface area contributed by atoms with E-state index in [1.807, 2.05) is 25.8 Å². The lowest BCUT2D eigenvalue weighted by atomic mass is 10.00. The number of amides is 2. The van der Waals surface area contributed by atoms with E-state index < -0.39 is 17.7 Å². The van der Waals surface area contributed by atoms with Gasteiger partial charge in [0.05, 0.1) is 6.04 Å². The molecule has 1 atom stereocenters. The van der Waals surface area contributed by atoms with Crippen LogP contribution in [0.15, 0.2) is 5.10 Å². The average Bonchev–Trinajstić information content (AvgIpc) is 2.78. The van der Waals surface area contributed by atoms with E-state index in [-0.39, 0.29) is 11.8 Å².